The molecule has 104 valence electrons. The molecule has 6 heteroatoms. The van der Waals surface area contributed by atoms with Crippen LogP contribution in [-0.4, -0.2) is 36.3 Å². The summed E-state index contributed by atoms with van der Waals surface area (Å²) in [6.45, 7) is 0. The van der Waals surface area contributed by atoms with Gasteiger partial charge < -0.3 is 16.0 Å². The maximum absolute atomic E-state index is 11.7. The highest BCUT2D eigenvalue weighted by atomic mass is 35.5. The van der Waals surface area contributed by atoms with Gasteiger partial charge in [0, 0.05) is 25.3 Å². The van der Waals surface area contributed by atoms with Crippen LogP contribution in [0.15, 0.2) is 24.3 Å². The predicted octanol–water partition coefficient (Wildman–Crippen LogP) is 1.24. The van der Waals surface area contributed by atoms with Gasteiger partial charge in [0.15, 0.2) is 0 Å². The van der Waals surface area contributed by atoms with Crippen LogP contribution < -0.4 is 11.1 Å². The topological polar surface area (TPSA) is 75.4 Å². The van der Waals surface area contributed by atoms with Gasteiger partial charge in [-0.25, -0.2) is 0 Å². The van der Waals surface area contributed by atoms with Gasteiger partial charge in [-0.3, -0.25) is 9.59 Å². The minimum Gasteiger partial charge on any atom is -0.345 e. The lowest BCUT2D eigenvalue weighted by atomic mass is 10.1. The quantitative estimate of drug-likeness (QED) is 0.876. The van der Waals surface area contributed by atoms with Crippen LogP contribution in [0, 0.1) is 0 Å². The number of amides is 2. The summed E-state index contributed by atoms with van der Waals surface area (Å²) in [4.78, 5) is 24.9. The Kier molecular flexibility index (Phi) is 4.55. The Balaban J connectivity index is 0.00000180. The van der Waals surface area contributed by atoms with Gasteiger partial charge in [0.1, 0.15) is 0 Å². The van der Waals surface area contributed by atoms with Gasteiger partial charge >= 0.3 is 0 Å². The van der Waals surface area contributed by atoms with Gasteiger partial charge in [0.25, 0.3) is 5.91 Å². The molecule has 5 nitrogen and oxygen atoms in total. The normalized spacial score (nSPS) is 15.1. The molecule has 0 unspecified atom stereocenters. The number of nitrogens with one attached hydrogen (secondary N) is 1. The maximum atomic E-state index is 11.7. The number of nitrogens with two attached hydrogens (primary N) is 1. The molecule has 0 atom stereocenters. The van der Waals surface area contributed by atoms with Crippen molar-refractivity contribution in [2.75, 3.05) is 19.4 Å². The molecule has 0 aromatic heterocycles. The largest absolute Gasteiger partial charge is 0.345 e. The van der Waals surface area contributed by atoms with E-state index in [0.717, 1.165) is 12.8 Å². The fraction of sp³-hybridized carbons (Fsp3) is 0.385. The van der Waals surface area contributed by atoms with E-state index in [9.17, 15) is 9.59 Å². The predicted molar refractivity (Wildman–Crippen MR) is 76.5 cm³/mol. The second-order valence-corrected chi connectivity index (χ2v) is 4.89. The first-order valence-corrected chi connectivity index (χ1v) is 5.84. The van der Waals surface area contributed by atoms with Gasteiger partial charge in [-0.1, -0.05) is 0 Å². The van der Waals surface area contributed by atoms with Gasteiger partial charge in [-0.15, -0.1) is 12.4 Å². The van der Waals surface area contributed by atoms with Gasteiger partial charge in [-0.05, 0) is 37.1 Å². The Morgan fingerprint density at radius 1 is 1.21 bits per heavy atom. The lowest BCUT2D eigenvalue weighted by molar-refractivity contribution is -0.118. The first-order valence-electron chi connectivity index (χ1n) is 5.84. The van der Waals surface area contributed by atoms with E-state index in [2.05, 4.69) is 5.32 Å². The van der Waals surface area contributed by atoms with Crippen molar-refractivity contribution in [1.82, 2.24) is 4.90 Å². The smallest absolute Gasteiger partial charge is 0.253 e. The molecular weight excluding hydrogens is 266 g/mol. The molecule has 2 rings (SSSR count). The fourth-order valence-corrected chi connectivity index (χ4v) is 1.57. The third kappa shape index (κ3) is 3.45. The van der Waals surface area contributed by atoms with Crippen molar-refractivity contribution in [2.45, 2.75) is 18.4 Å². The van der Waals surface area contributed by atoms with Gasteiger partial charge in [0.05, 0.1) is 5.54 Å². The minimum absolute atomic E-state index is 0. The Morgan fingerprint density at radius 2 is 1.74 bits per heavy atom. The highest BCUT2D eigenvalue weighted by Crippen LogP contribution is 2.33. The number of benzene rings is 1. The molecule has 1 aliphatic rings. The lowest BCUT2D eigenvalue weighted by Crippen LogP contribution is -2.37. The van der Waals surface area contributed by atoms with E-state index in [0.29, 0.717) is 11.3 Å². The van der Waals surface area contributed by atoms with Crippen molar-refractivity contribution >= 4 is 29.9 Å². The number of anilines is 1. The molecule has 1 aromatic carbocycles. The zero-order valence-electron chi connectivity index (χ0n) is 11.0. The molecule has 19 heavy (non-hydrogen) atoms. The second kappa shape index (κ2) is 5.59. The second-order valence-electron chi connectivity index (χ2n) is 4.89. The summed E-state index contributed by atoms with van der Waals surface area (Å²) in [5.41, 5.74) is 6.35. The summed E-state index contributed by atoms with van der Waals surface area (Å²) in [6, 6.07) is 6.79. The molecule has 0 bridgehead atoms. The monoisotopic (exact) mass is 283 g/mol. The number of nitrogens with zero attached hydrogens (tertiary/aromatic N) is 1. The van der Waals surface area contributed by atoms with E-state index in [1.165, 1.54) is 4.90 Å². The third-order valence-electron chi connectivity index (χ3n) is 3.04. The molecule has 0 radical (unpaired) electrons. The summed E-state index contributed by atoms with van der Waals surface area (Å²) in [5.74, 6) is -0.223. The van der Waals surface area contributed by atoms with Crippen LogP contribution in [-0.2, 0) is 4.79 Å². The molecule has 1 aromatic rings. The summed E-state index contributed by atoms with van der Waals surface area (Å²) >= 11 is 0. The number of hydrogen-bond acceptors (Lipinski definition) is 3. The van der Waals surface area contributed by atoms with Crippen molar-refractivity contribution < 1.29 is 9.59 Å². The molecule has 2 amide bonds. The number of hydrogen-bond donors (Lipinski definition) is 2. The molecule has 1 aliphatic carbocycles. The third-order valence-corrected chi connectivity index (χ3v) is 3.04. The molecule has 0 aliphatic heterocycles. The minimum atomic E-state index is -0.682. The first-order chi connectivity index (χ1) is 8.42. The highest BCUT2D eigenvalue weighted by Gasteiger charge is 2.45. The number of carbonyl (C=O) groups is 2. The molecule has 1 fully saturated rings. The van der Waals surface area contributed by atoms with Crippen LogP contribution in [0.25, 0.3) is 0 Å². The zero-order chi connectivity index (χ0) is 13.3. The van der Waals surface area contributed by atoms with Crippen LogP contribution in [0.5, 0.6) is 0 Å². The Bertz CT molecular complexity index is 481. The molecular formula is C13H18ClN3O2. The van der Waals surface area contributed by atoms with E-state index in [1.54, 1.807) is 38.4 Å². The summed E-state index contributed by atoms with van der Waals surface area (Å²) in [6.07, 6.45) is 1.46. The fourth-order valence-electron chi connectivity index (χ4n) is 1.57. The van der Waals surface area contributed by atoms with E-state index in [-0.39, 0.29) is 24.2 Å². The Morgan fingerprint density at radius 3 is 2.16 bits per heavy atom. The average molecular weight is 284 g/mol. The summed E-state index contributed by atoms with van der Waals surface area (Å²) in [7, 11) is 3.40. The van der Waals surface area contributed by atoms with Crippen LogP contribution in [0.2, 0.25) is 0 Å². The van der Waals surface area contributed by atoms with E-state index < -0.39 is 5.54 Å². The van der Waals surface area contributed by atoms with Crippen LogP contribution in [0.3, 0.4) is 0 Å². The lowest BCUT2D eigenvalue weighted by Gasteiger charge is -2.12. The molecule has 1 saturated carbocycles. The molecule has 0 saturated heterocycles. The highest BCUT2D eigenvalue weighted by molar-refractivity contribution is 6.00. The number of carbonyl (C=O) groups excluding carboxylic acids is 2. The standard InChI is InChI=1S/C13H17N3O2.ClH/c1-16(2)11(17)9-3-5-10(6-4-9)15-12(18)13(14)7-8-13;/h3-6H,7-8,14H2,1-2H3,(H,15,18);1H. The molecule has 3 N–H and O–H groups in total. The van der Waals surface area contributed by atoms with Crippen molar-refractivity contribution in [1.29, 1.82) is 0 Å². The van der Waals surface area contributed by atoms with Crippen molar-refractivity contribution in [2.24, 2.45) is 5.73 Å². The average Bonchev–Trinajstić information content (AvgIpc) is 3.08. The molecule has 0 spiro atoms. The van der Waals surface area contributed by atoms with Crippen molar-refractivity contribution in [3.05, 3.63) is 29.8 Å². The summed E-state index contributed by atoms with van der Waals surface area (Å²) < 4.78 is 0. The number of rotatable bonds is 3. The van der Waals surface area contributed by atoms with Crippen LogP contribution in [0.1, 0.15) is 23.2 Å². The van der Waals surface area contributed by atoms with E-state index >= 15 is 0 Å². The summed E-state index contributed by atoms with van der Waals surface area (Å²) in [5, 5.41) is 2.75. The van der Waals surface area contributed by atoms with Crippen molar-refractivity contribution in [3.63, 3.8) is 0 Å². The Hall–Kier alpha value is -1.59. The van der Waals surface area contributed by atoms with Crippen LogP contribution in [0.4, 0.5) is 5.69 Å². The van der Waals surface area contributed by atoms with E-state index in [1.807, 2.05) is 0 Å². The van der Waals surface area contributed by atoms with Gasteiger partial charge in [0.2, 0.25) is 5.91 Å². The van der Waals surface area contributed by atoms with E-state index in [4.69, 9.17) is 5.73 Å². The van der Waals surface area contributed by atoms with Gasteiger partial charge in [-0.2, -0.15) is 0 Å². The van der Waals surface area contributed by atoms with Crippen LogP contribution >= 0.6 is 12.4 Å². The first kappa shape index (κ1) is 15.5. The zero-order valence-corrected chi connectivity index (χ0v) is 11.8. The Labute approximate surface area is 118 Å². The van der Waals surface area contributed by atoms with Crippen molar-refractivity contribution in [3.8, 4) is 0 Å². The maximum Gasteiger partial charge on any atom is 0.253 e. The molecule has 0 heterocycles. The number of halogens is 1. The SMILES string of the molecule is CN(C)C(=O)c1ccc(NC(=O)C2(N)CC2)cc1.Cl.